The maximum absolute atomic E-state index is 12.9. The monoisotopic (exact) mass is 501 g/mol. The minimum absolute atomic E-state index is 0.183. The van der Waals surface area contributed by atoms with Crippen molar-refractivity contribution in [3.8, 4) is 12.3 Å². The Morgan fingerprint density at radius 1 is 1.21 bits per heavy atom. The van der Waals surface area contributed by atoms with Crippen LogP contribution in [0.4, 0.5) is 0 Å². The molecule has 0 bridgehead atoms. The zero-order valence-corrected chi connectivity index (χ0v) is 20.8. The van der Waals surface area contributed by atoms with Crippen LogP contribution in [0.25, 0.3) is 10.2 Å². The van der Waals surface area contributed by atoms with Gasteiger partial charge in [0.25, 0.3) is 5.91 Å². The molecule has 1 aromatic heterocycles. The van der Waals surface area contributed by atoms with E-state index in [4.69, 9.17) is 18.0 Å². The van der Waals surface area contributed by atoms with E-state index >= 15 is 0 Å². The SMILES string of the molecule is C#CCn1c(=NC(=O)c2ccc(S(=O)(=O)N3CCC(C)CC3)cc2)sc2ccc(Cl)c(C)c21. The number of benzene rings is 2. The summed E-state index contributed by atoms with van der Waals surface area (Å²) in [6.45, 7) is 5.32. The molecule has 2 aromatic carbocycles. The van der Waals surface area contributed by atoms with Crippen molar-refractivity contribution in [1.82, 2.24) is 8.87 Å². The summed E-state index contributed by atoms with van der Waals surface area (Å²) in [5.41, 5.74) is 2.03. The van der Waals surface area contributed by atoms with Gasteiger partial charge in [-0.25, -0.2) is 8.42 Å². The first-order valence-electron chi connectivity index (χ1n) is 10.6. The summed E-state index contributed by atoms with van der Waals surface area (Å²) in [6.07, 6.45) is 7.26. The lowest BCUT2D eigenvalue weighted by atomic mass is 10.0. The number of thiazole rings is 1. The Morgan fingerprint density at radius 2 is 1.88 bits per heavy atom. The molecule has 1 aliphatic heterocycles. The fourth-order valence-electron chi connectivity index (χ4n) is 3.93. The number of rotatable bonds is 4. The first kappa shape index (κ1) is 23.7. The van der Waals surface area contributed by atoms with Crippen LogP contribution in [-0.2, 0) is 16.6 Å². The quantitative estimate of drug-likeness (QED) is 0.495. The molecule has 6 nitrogen and oxygen atoms in total. The fraction of sp³-hybridized carbons (Fsp3) is 0.333. The van der Waals surface area contributed by atoms with Gasteiger partial charge < -0.3 is 4.57 Å². The number of nitrogens with zero attached hydrogens (tertiary/aromatic N) is 3. The average Bonchev–Trinajstić information content (AvgIpc) is 3.14. The Bertz CT molecular complexity index is 1420. The van der Waals surface area contributed by atoms with E-state index in [1.165, 1.54) is 39.9 Å². The largest absolute Gasteiger partial charge is 0.304 e. The third kappa shape index (κ3) is 4.64. The van der Waals surface area contributed by atoms with Crippen molar-refractivity contribution < 1.29 is 13.2 Å². The molecule has 0 aliphatic carbocycles. The first-order valence-corrected chi connectivity index (χ1v) is 13.3. The van der Waals surface area contributed by atoms with E-state index in [9.17, 15) is 13.2 Å². The van der Waals surface area contributed by atoms with Gasteiger partial charge in [-0.2, -0.15) is 9.30 Å². The number of terminal acetylenes is 1. The van der Waals surface area contributed by atoms with Crippen molar-refractivity contribution in [2.24, 2.45) is 10.9 Å². The van der Waals surface area contributed by atoms with E-state index in [1.807, 2.05) is 19.1 Å². The minimum Gasteiger partial charge on any atom is -0.304 e. The smallest absolute Gasteiger partial charge is 0.279 e. The van der Waals surface area contributed by atoms with Crippen LogP contribution >= 0.6 is 22.9 Å². The summed E-state index contributed by atoms with van der Waals surface area (Å²) >= 11 is 7.63. The van der Waals surface area contributed by atoms with Gasteiger partial charge in [0.2, 0.25) is 10.0 Å². The summed E-state index contributed by atoms with van der Waals surface area (Å²) in [5, 5.41) is 0.615. The standard InChI is InChI=1S/C24H24ClN3O3S2/c1-4-13-28-22-17(3)20(25)9-10-21(22)32-24(28)26-23(29)18-5-7-19(8-6-18)33(30,31)27-14-11-16(2)12-15-27/h1,5-10,16H,11-15H2,2-3H3. The van der Waals surface area contributed by atoms with Gasteiger partial charge in [-0.05, 0) is 67.6 Å². The number of halogens is 1. The van der Waals surface area contributed by atoms with Gasteiger partial charge in [0, 0.05) is 23.7 Å². The van der Waals surface area contributed by atoms with Gasteiger partial charge in [0.15, 0.2) is 4.80 Å². The number of fused-ring (bicyclic) bond motifs is 1. The molecule has 1 amide bonds. The number of carbonyl (C=O) groups excluding carboxylic acids is 1. The Kier molecular flexibility index (Phi) is 6.78. The summed E-state index contributed by atoms with van der Waals surface area (Å²) in [5.74, 6) is 2.67. The Morgan fingerprint density at radius 3 is 2.52 bits per heavy atom. The zero-order valence-electron chi connectivity index (χ0n) is 18.4. The Balaban J connectivity index is 1.66. The molecule has 0 spiro atoms. The Labute approximate surface area is 202 Å². The van der Waals surface area contributed by atoms with Crippen LogP contribution in [0.15, 0.2) is 46.3 Å². The molecule has 0 unspecified atom stereocenters. The van der Waals surface area contributed by atoms with Gasteiger partial charge in [-0.1, -0.05) is 35.8 Å². The highest BCUT2D eigenvalue weighted by atomic mass is 35.5. The molecule has 1 saturated heterocycles. The molecule has 0 radical (unpaired) electrons. The van der Waals surface area contributed by atoms with Crippen LogP contribution in [0.1, 0.15) is 35.7 Å². The van der Waals surface area contributed by atoms with E-state index in [0.717, 1.165) is 28.6 Å². The molecule has 1 aliphatic rings. The predicted octanol–water partition coefficient (Wildman–Crippen LogP) is 4.46. The third-order valence-corrected chi connectivity index (χ3v) is 9.32. The molecular weight excluding hydrogens is 478 g/mol. The third-order valence-electron chi connectivity index (χ3n) is 5.96. The molecule has 4 rings (SSSR count). The molecule has 172 valence electrons. The summed E-state index contributed by atoms with van der Waals surface area (Å²) in [7, 11) is -3.57. The van der Waals surface area contributed by atoms with Gasteiger partial charge in [-0.15, -0.1) is 6.42 Å². The number of carbonyl (C=O) groups is 1. The fourth-order valence-corrected chi connectivity index (χ4v) is 6.64. The normalized spacial score (nSPS) is 16.2. The van der Waals surface area contributed by atoms with E-state index in [1.54, 1.807) is 4.57 Å². The molecule has 0 N–H and O–H groups in total. The average molecular weight is 502 g/mol. The van der Waals surface area contributed by atoms with Gasteiger partial charge in [0.05, 0.1) is 21.7 Å². The topological polar surface area (TPSA) is 71.7 Å². The van der Waals surface area contributed by atoms with Gasteiger partial charge >= 0.3 is 0 Å². The molecule has 2 heterocycles. The van der Waals surface area contributed by atoms with Crippen LogP contribution in [0.5, 0.6) is 0 Å². The maximum atomic E-state index is 12.9. The Hall–Kier alpha value is -2.44. The second-order valence-corrected chi connectivity index (χ2v) is 11.6. The van der Waals surface area contributed by atoms with Crippen LogP contribution in [-0.4, -0.2) is 36.3 Å². The molecular formula is C24H24ClN3O3S2. The van der Waals surface area contributed by atoms with E-state index in [0.29, 0.717) is 34.4 Å². The number of sulfonamides is 1. The van der Waals surface area contributed by atoms with Crippen LogP contribution in [0, 0.1) is 25.2 Å². The van der Waals surface area contributed by atoms with Crippen molar-refractivity contribution >= 4 is 49.1 Å². The van der Waals surface area contributed by atoms with Crippen LogP contribution in [0.3, 0.4) is 0 Å². The van der Waals surface area contributed by atoms with E-state index in [2.05, 4.69) is 17.8 Å². The number of aryl methyl sites for hydroxylation is 1. The highest BCUT2D eigenvalue weighted by Gasteiger charge is 2.28. The molecule has 3 aromatic rings. The second-order valence-electron chi connectivity index (χ2n) is 8.22. The molecule has 1 fully saturated rings. The number of hydrogen-bond donors (Lipinski definition) is 0. The molecule has 0 atom stereocenters. The van der Waals surface area contributed by atoms with Gasteiger partial charge in [0.1, 0.15) is 0 Å². The van der Waals surface area contributed by atoms with Crippen LogP contribution in [0.2, 0.25) is 5.02 Å². The van der Waals surface area contributed by atoms with Crippen molar-refractivity contribution in [3.05, 3.63) is 57.3 Å². The summed E-state index contributed by atoms with van der Waals surface area (Å²) < 4.78 is 30.1. The number of piperidine rings is 1. The van der Waals surface area contributed by atoms with Gasteiger partial charge in [-0.3, -0.25) is 4.79 Å². The minimum atomic E-state index is -3.57. The maximum Gasteiger partial charge on any atom is 0.279 e. The second kappa shape index (κ2) is 9.43. The van der Waals surface area contributed by atoms with Crippen molar-refractivity contribution in [1.29, 1.82) is 0 Å². The summed E-state index contributed by atoms with van der Waals surface area (Å²) in [4.78, 5) is 17.8. The lowest BCUT2D eigenvalue weighted by molar-refractivity contribution is 0.0997. The van der Waals surface area contributed by atoms with Crippen molar-refractivity contribution in [2.45, 2.75) is 38.1 Å². The summed E-state index contributed by atoms with van der Waals surface area (Å²) in [6, 6.07) is 9.65. The lowest BCUT2D eigenvalue weighted by Gasteiger charge is -2.29. The highest BCUT2D eigenvalue weighted by Crippen LogP contribution is 2.27. The lowest BCUT2D eigenvalue weighted by Crippen LogP contribution is -2.37. The number of amides is 1. The first-order chi connectivity index (χ1) is 15.7. The molecule has 0 saturated carbocycles. The highest BCUT2D eigenvalue weighted by molar-refractivity contribution is 7.89. The number of hydrogen-bond acceptors (Lipinski definition) is 4. The van der Waals surface area contributed by atoms with E-state index in [-0.39, 0.29) is 11.4 Å². The predicted molar refractivity (Wildman–Crippen MR) is 132 cm³/mol. The van der Waals surface area contributed by atoms with Crippen molar-refractivity contribution in [3.63, 3.8) is 0 Å². The molecule has 9 heteroatoms. The zero-order chi connectivity index (χ0) is 23.8. The van der Waals surface area contributed by atoms with Crippen molar-refractivity contribution in [2.75, 3.05) is 13.1 Å². The number of aromatic nitrogens is 1. The van der Waals surface area contributed by atoms with E-state index < -0.39 is 15.9 Å². The van der Waals surface area contributed by atoms with Crippen LogP contribution < -0.4 is 4.80 Å². The molecule has 33 heavy (non-hydrogen) atoms.